The zero-order chi connectivity index (χ0) is 12.5. The van der Waals surface area contributed by atoms with Crippen LogP contribution in [0.1, 0.15) is 21.5 Å². The molecule has 0 bridgehead atoms. The Morgan fingerprint density at radius 3 is 2.61 bits per heavy atom. The average Bonchev–Trinajstić information content (AvgIpc) is 2.67. The zero-order valence-electron chi connectivity index (χ0n) is 9.69. The van der Waals surface area contributed by atoms with Crippen LogP contribution >= 0.6 is 15.9 Å². The second-order valence-electron chi connectivity index (χ2n) is 4.44. The van der Waals surface area contributed by atoms with Crippen molar-refractivity contribution in [2.24, 2.45) is 0 Å². The van der Waals surface area contributed by atoms with Gasteiger partial charge in [0.05, 0.1) is 0 Å². The van der Waals surface area contributed by atoms with Crippen molar-refractivity contribution in [3.8, 4) is 0 Å². The first kappa shape index (κ1) is 11.5. The molecule has 90 valence electrons. The molecule has 1 atom stereocenters. The van der Waals surface area contributed by atoms with Gasteiger partial charge in [0.2, 0.25) is 5.91 Å². The molecule has 18 heavy (non-hydrogen) atoms. The molecule has 0 radical (unpaired) electrons. The maximum Gasteiger partial charge on any atom is 0.242 e. The third-order valence-electron chi connectivity index (χ3n) is 3.13. The van der Waals surface area contributed by atoms with Crippen LogP contribution in [0.25, 0.3) is 0 Å². The minimum absolute atomic E-state index is 0.0156. The van der Waals surface area contributed by atoms with Crippen LogP contribution in [0.2, 0.25) is 0 Å². The van der Waals surface area contributed by atoms with Gasteiger partial charge in [-0.2, -0.15) is 0 Å². The third-order valence-corrected chi connectivity index (χ3v) is 4.04. The van der Waals surface area contributed by atoms with Gasteiger partial charge in [0.25, 0.3) is 0 Å². The standard InChI is InChI=1S/C15H12BrNO/c16-14-12-9-11(6-7-13(12)17-15(14)18)8-10-4-2-1-3-5-10/h1-7,9,14H,8H2,(H,17,18). The molecule has 2 nitrogen and oxygen atoms in total. The Morgan fingerprint density at radius 2 is 1.83 bits per heavy atom. The SMILES string of the molecule is O=C1Nc2ccc(Cc3ccccc3)cc2C1Br. The summed E-state index contributed by atoms with van der Waals surface area (Å²) >= 11 is 3.41. The lowest BCUT2D eigenvalue weighted by atomic mass is 10.0. The fourth-order valence-corrected chi connectivity index (χ4v) is 2.71. The number of hydrogen-bond donors (Lipinski definition) is 1. The number of carbonyl (C=O) groups is 1. The molecule has 1 heterocycles. The fourth-order valence-electron chi connectivity index (χ4n) is 2.21. The van der Waals surface area contributed by atoms with Crippen LogP contribution in [0.3, 0.4) is 0 Å². The average molecular weight is 302 g/mol. The molecule has 0 spiro atoms. The Morgan fingerprint density at radius 1 is 1.06 bits per heavy atom. The van der Waals surface area contributed by atoms with Crippen molar-refractivity contribution in [2.75, 3.05) is 5.32 Å². The summed E-state index contributed by atoms with van der Waals surface area (Å²) in [4.78, 5) is 11.3. The molecule has 0 saturated carbocycles. The number of alkyl halides is 1. The molecular weight excluding hydrogens is 290 g/mol. The van der Waals surface area contributed by atoms with Gasteiger partial charge in [0, 0.05) is 5.69 Å². The van der Waals surface area contributed by atoms with E-state index in [1.165, 1.54) is 11.1 Å². The molecule has 2 aromatic carbocycles. The van der Waals surface area contributed by atoms with Gasteiger partial charge in [0.1, 0.15) is 4.83 Å². The lowest BCUT2D eigenvalue weighted by molar-refractivity contribution is -0.115. The summed E-state index contributed by atoms with van der Waals surface area (Å²) in [6, 6.07) is 16.5. The topological polar surface area (TPSA) is 29.1 Å². The van der Waals surface area contributed by atoms with Crippen LogP contribution in [-0.2, 0) is 11.2 Å². The van der Waals surface area contributed by atoms with E-state index in [0.29, 0.717) is 0 Å². The number of rotatable bonds is 2. The van der Waals surface area contributed by atoms with Gasteiger partial charge in [0.15, 0.2) is 0 Å². The Kier molecular flexibility index (Phi) is 2.92. The van der Waals surface area contributed by atoms with Gasteiger partial charge in [-0.15, -0.1) is 0 Å². The summed E-state index contributed by atoms with van der Waals surface area (Å²) < 4.78 is 0. The molecule has 0 aromatic heterocycles. The van der Waals surface area contributed by atoms with Gasteiger partial charge in [-0.05, 0) is 29.2 Å². The fraction of sp³-hybridized carbons (Fsp3) is 0.133. The second-order valence-corrected chi connectivity index (χ2v) is 5.35. The monoisotopic (exact) mass is 301 g/mol. The van der Waals surface area contributed by atoms with Crippen molar-refractivity contribution in [2.45, 2.75) is 11.2 Å². The van der Waals surface area contributed by atoms with E-state index in [1.807, 2.05) is 24.3 Å². The number of carbonyl (C=O) groups excluding carboxylic acids is 1. The highest BCUT2D eigenvalue weighted by molar-refractivity contribution is 9.09. The highest BCUT2D eigenvalue weighted by atomic mass is 79.9. The van der Waals surface area contributed by atoms with Crippen LogP contribution in [0.15, 0.2) is 48.5 Å². The van der Waals surface area contributed by atoms with E-state index >= 15 is 0 Å². The number of benzene rings is 2. The molecule has 0 aliphatic carbocycles. The quantitative estimate of drug-likeness (QED) is 0.843. The van der Waals surface area contributed by atoms with Crippen molar-refractivity contribution in [3.05, 3.63) is 65.2 Å². The molecular formula is C15H12BrNO. The van der Waals surface area contributed by atoms with E-state index in [1.54, 1.807) is 0 Å². The van der Waals surface area contributed by atoms with E-state index in [2.05, 4.69) is 45.5 Å². The van der Waals surface area contributed by atoms with E-state index in [9.17, 15) is 4.79 Å². The summed E-state index contributed by atoms with van der Waals surface area (Å²) in [6.45, 7) is 0. The van der Waals surface area contributed by atoms with Gasteiger partial charge in [-0.1, -0.05) is 58.4 Å². The zero-order valence-corrected chi connectivity index (χ0v) is 11.3. The Labute approximate surface area is 114 Å². The molecule has 1 N–H and O–H groups in total. The van der Waals surface area contributed by atoms with Crippen LogP contribution in [-0.4, -0.2) is 5.91 Å². The number of amides is 1. The maximum absolute atomic E-state index is 11.5. The molecule has 3 rings (SSSR count). The van der Waals surface area contributed by atoms with Crippen molar-refractivity contribution < 1.29 is 4.79 Å². The minimum atomic E-state index is -0.219. The number of nitrogens with one attached hydrogen (secondary N) is 1. The predicted molar refractivity (Wildman–Crippen MR) is 76.0 cm³/mol. The van der Waals surface area contributed by atoms with Gasteiger partial charge in [-0.3, -0.25) is 4.79 Å². The van der Waals surface area contributed by atoms with E-state index in [4.69, 9.17) is 0 Å². The largest absolute Gasteiger partial charge is 0.325 e. The van der Waals surface area contributed by atoms with Crippen LogP contribution in [0.5, 0.6) is 0 Å². The van der Waals surface area contributed by atoms with Crippen LogP contribution in [0.4, 0.5) is 5.69 Å². The summed E-state index contributed by atoms with van der Waals surface area (Å²) in [7, 11) is 0. The van der Waals surface area contributed by atoms with E-state index in [-0.39, 0.29) is 10.7 Å². The van der Waals surface area contributed by atoms with Crippen LogP contribution in [0, 0.1) is 0 Å². The third kappa shape index (κ3) is 2.06. The molecule has 2 aromatic rings. The summed E-state index contributed by atoms with van der Waals surface area (Å²) in [5.41, 5.74) is 4.45. The van der Waals surface area contributed by atoms with Crippen molar-refractivity contribution in [1.82, 2.24) is 0 Å². The second kappa shape index (κ2) is 4.58. The van der Waals surface area contributed by atoms with Gasteiger partial charge < -0.3 is 5.32 Å². The van der Waals surface area contributed by atoms with Crippen molar-refractivity contribution in [3.63, 3.8) is 0 Å². The molecule has 1 unspecified atom stereocenters. The lowest BCUT2D eigenvalue weighted by Gasteiger charge is -2.05. The molecule has 1 aliphatic rings. The van der Waals surface area contributed by atoms with Crippen LogP contribution < -0.4 is 5.32 Å². The lowest BCUT2D eigenvalue weighted by Crippen LogP contribution is -2.06. The number of fused-ring (bicyclic) bond motifs is 1. The Hall–Kier alpha value is -1.61. The smallest absolute Gasteiger partial charge is 0.242 e. The molecule has 0 fully saturated rings. The minimum Gasteiger partial charge on any atom is -0.325 e. The van der Waals surface area contributed by atoms with Crippen molar-refractivity contribution in [1.29, 1.82) is 0 Å². The first-order chi connectivity index (χ1) is 8.74. The number of halogens is 1. The molecule has 0 saturated heterocycles. The molecule has 3 heteroatoms. The Balaban J connectivity index is 1.90. The summed E-state index contributed by atoms with van der Waals surface area (Å²) in [5.74, 6) is 0.0156. The molecule has 1 aliphatic heterocycles. The highest BCUT2D eigenvalue weighted by Gasteiger charge is 2.27. The number of hydrogen-bond acceptors (Lipinski definition) is 1. The van der Waals surface area contributed by atoms with E-state index in [0.717, 1.165) is 17.7 Å². The molecule has 1 amide bonds. The highest BCUT2D eigenvalue weighted by Crippen LogP contribution is 2.37. The van der Waals surface area contributed by atoms with Gasteiger partial charge >= 0.3 is 0 Å². The predicted octanol–water partition coefficient (Wildman–Crippen LogP) is 3.67. The normalized spacial score (nSPS) is 17.4. The first-order valence-electron chi connectivity index (χ1n) is 5.86. The number of anilines is 1. The van der Waals surface area contributed by atoms with Crippen molar-refractivity contribution >= 4 is 27.5 Å². The summed E-state index contributed by atoms with van der Waals surface area (Å²) in [6.07, 6.45) is 0.891. The first-order valence-corrected chi connectivity index (χ1v) is 6.77. The Bertz CT molecular complexity index is 595. The summed E-state index contributed by atoms with van der Waals surface area (Å²) in [5, 5.41) is 2.85. The van der Waals surface area contributed by atoms with Gasteiger partial charge in [-0.25, -0.2) is 0 Å². The van der Waals surface area contributed by atoms with E-state index < -0.39 is 0 Å². The maximum atomic E-state index is 11.5.